The number of fused-ring (bicyclic) bond motifs is 1. The van der Waals surface area contributed by atoms with Gasteiger partial charge in [0.1, 0.15) is 0 Å². The van der Waals surface area contributed by atoms with Crippen molar-refractivity contribution in [2.75, 3.05) is 7.11 Å². The van der Waals surface area contributed by atoms with Gasteiger partial charge in [0.15, 0.2) is 0 Å². The summed E-state index contributed by atoms with van der Waals surface area (Å²) in [6.07, 6.45) is 3.74. The largest absolute Gasteiger partial charge is 0.481 e. The number of pyridine rings is 2. The van der Waals surface area contributed by atoms with Crippen LogP contribution in [0.4, 0.5) is 0 Å². The molecule has 28 heavy (non-hydrogen) atoms. The zero-order chi connectivity index (χ0) is 19.3. The molecule has 3 aromatic heterocycles. The molecule has 0 atom stereocenters. The molecule has 0 aliphatic carbocycles. The molecule has 0 saturated carbocycles. The van der Waals surface area contributed by atoms with Crippen LogP contribution in [-0.2, 0) is 19.6 Å². The molecular formula is C23H23N3OS. The minimum atomic E-state index is 0.695. The summed E-state index contributed by atoms with van der Waals surface area (Å²) in [4.78, 5) is 12.8. The average Bonchev–Trinajstić information content (AvgIpc) is 3.21. The standard InChI is InChI=1S/C23H23N3OS/c1-17-7-8-19-12-20(23(27-2)25-22(19)11-17)15-26(16-21-6-4-10-28-21)14-18-5-3-9-24-13-18/h3-13H,14-16H2,1-2H3. The molecule has 0 aliphatic rings. The van der Waals surface area contributed by atoms with Gasteiger partial charge >= 0.3 is 0 Å². The molecule has 3 heterocycles. The maximum absolute atomic E-state index is 5.63. The molecule has 0 spiro atoms. The summed E-state index contributed by atoms with van der Waals surface area (Å²) in [6.45, 7) is 4.54. The molecule has 4 nitrogen and oxygen atoms in total. The molecular weight excluding hydrogens is 366 g/mol. The average molecular weight is 390 g/mol. The molecule has 4 aromatic rings. The van der Waals surface area contributed by atoms with Crippen LogP contribution in [0.1, 0.15) is 21.6 Å². The van der Waals surface area contributed by atoms with E-state index in [-0.39, 0.29) is 0 Å². The zero-order valence-corrected chi connectivity index (χ0v) is 16.9. The molecule has 0 aliphatic heterocycles. The third-order valence-electron chi connectivity index (χ3n) is 4.69. The van der Waals surface area contributed by atoms with E-state index < -0.39 is 0 Å². The van der Waals surface area contributed by atoms with Gasteiger partial charge in [0, 0.05) is 47.9 Å². The Kier molecular flexibility index (Phi) is 5.65. The van der Waals surface area contributed by atoms with Gasteiger partial charge in [0.2, 0.25) is 5.88 Å². The second-order valence-corrected chi connectivity index (χ2v) is 7.97. The van der Waals surface area contributed by atoms with Crippen LogP contribution >= 0.6 is 11.3 Å². The van der Waals surface area contributed by atoms with Crippen LogP contribution in [0, 0.1) is 6.92 Å². The van der Waals surface area contributed by atoms with Crippen molar-refractivity contribution in [2.24, 2.45) is 0 Å². The first-order chi connectivity index (χ1) is 13.7. The molecule has 1 aromatic carbocycles. The lowest BCUT2D eigenvalue weighted by Gasteiger charge is -2.23. The van der Waals surface area contributed by atoms with Crippen molar-refractivity contribution in [1.29, 1.82) is 0 Å². The van der Waals surface area contributed by atoms with E-state index in [9.17, 15) is 0 Å². The van der Waals surface area contributed by atoms with E-state index in [0.717, 1.165) is 36.1 Å². The maximum Gasteiger partial charge on any atom is 0.218 e. The van der Waals surface area contributed by atoms with Gasteiger partial charge in [-0.1, -0.05) is 24.3 Å². The minimum Gasteiger partial charge on any atom is -0.481 e. The highest BCUT2D eigenvalue weighted by atomic mass is 32.1. The number of hydrogen-bond donors (Lipinski definition) is 0. The fourth-order valence-electron chi connectivity index (χ4n) is 3.37. The molecule has 5 heteroatoms. The van der Waals surface area contributed by atoms with Crippen LogP contribution in [0.25, 0.3) is 10.9 Å². The molecule has 0 amide bonds. The van der Waals surface area contributed by atoms with Gasteiger partial charge in [-0.05, 0) is 47.7 Å². The van der Waals surface area contributed by atoms with E-state index in [1.807, 2.05) is 18.5 Å². The lowest BCUT2D eigenvalue weighted by Crippen LogP contribution is -2.22. The van der Waals surface area contributed by atoms with E-state index in [4.69, 9.17) is 9.72 Å². The summed E-state index contributed by atoms with van der Waals surface area (Å²) < 4.78 is 5.63. The number of methoxy groups -OCH3 is 1. The van der Waals surface area contributed by atoms with Crippen molar-refractivity contribution in [2.45, 2.75) is 26.6 Å². The Hall–Kier alpha value is -2.76. The van der Waals surface area contributed by atoms with Gasteiger partial charge in [0.05, 0.1) is 12.6 Å². The normalized spacial score (nSPS) is 11.2. The predicted molar refractivity (Wildman–Crippen MR) is 115 cm³/mol. The number of aryl methyl sites for hydroxylation is 1. The Morgan fingerprint density at radius 3 is 2.71 bits per heavy atom. The van der Waals surface area contributed by atoms with E-state index >= 15 is 0 Å². The Bertz CT molecular complexity index is 1050. The summed E-state index contributed by atoms with van der Waals surface area (Å²) in [5.74, 6) is 0.695. The highest BCUT2D eigenvalue weighted by Crippen LogP contribution is 2.26. The summed E-state index contributed by atoms with van der Waals surface area (Å²) >= 11 is 1.78. The zero-order valence-electron chi connectivity index (χ0n) is 16.1. The SMILES string of the molecule is COc1nc2cc(C)ccc2cc1CN(Cc1cccnc1)Cc1cccs1. The van der Waals surface area contributed by atoms with Crippen LogP contribution < -0.4 is 4.74 Å². The van der Waals surface area contributed by atoms with Crippen molar-refractivity contribution in [3.8, 4) is 5.88 Å². The van der Waals surface area contributed by atoms with E-state index in [1.54, 1.807) is 18.4 Å². The number of benzene rings is 1. The van der Waals surface area contributed by atoms with Gasteiger partial charge in [-0.3, -0.25) is 9.88 Å². The number of nitrogens with zero attached hydrogens (tertiary/aromatic N) is 3. The Balaban J connectivity index is 1.65. The quantitative estimate of drug-likeness (QED) is 0.435. The highest BCUT2D eigenvalue weighted by molar-refractivity contribution is 7.09. The Labute approximate surface area is 169 Å². The fourth-order valence-corrected chi connectivity index (χ4v) is 4.12. The molecule has 0 N–H and O–H groups in total. The van der Waals surface area contributed by atoms with Crippen LogP contribution in [0.2, 0.25) is 0 Å². The van der Waals surface area contributed by atoms with Crippen molar-refractivity contribution in [3.63, 3.8) is 0 Å². The van der Waals surface area contributed by atoms with Crippen molar-refractivity contribution >= 4 is 22.2 Å². The van der Waals surface area contributed by atoms with Crippen LogP contribution in [0.5, 0.6) is 5.88 Å². The topological polar surface area (TPSA) is 38.2 Å². The first kappa shape index (κ1) is 18.6. The van der Waals surface area contributed by atoms with E-state index in [0.29, 0.717) is 5.88 Å². The molecule has 0 fully saturated rings. The molecule has 0 saturated heterocycles. The van der Waals surface area contributed by atoms with Gasteiger partial charge in [-0.2, -0.15) is 0 Å². The van der Waals surface area contributed by atoms with Gasteiger partial charge < -0.3 is 4.74 Å². The second kappa shape index (κ2) is 8.50. The smallest absolute Gasteiger partial charge is 0.218 e. The lowest BCUT2D eigenvalue weighted by atomic mass is 10.1. The number of ether oxygens (including phenoxy) is 1. The summed E-state index contributed by atoms with van der Waals surface area (Å²) in [6, 6.07) is 16.9. The number of thiophene rings is 1. The molecule has 0 bridgehead atoms. The minimum absolute atomic E-state index is 0.695. The first-order valence-corrected chi connectivity index (χ1v) is 10.2. The predicted octanol–water partition coefficient (Wildman–Crippen LogP) is 5.21. The van der Waals surface area contributed by atoms with Gasteiger partial charge in [0.25, 0.3) is 0 Å². The molecule has 142 valence electrons. The Morgan fingerprint density at radius 2 is 1.96 bits per heavy atom. The first-order valence-electron chi connectivity index (χ1n) is 9.29. The number of hydrogen-bond acceptors (Lipinski definition) is 5. The van der Waals surface area contributed by atoms with Gasteiger partial charge in [-0.25, -0.2) is 4.98 Å². The third kappa shape index (κ3) is 4.38. The Morgan fingerprint density at radius 1 is 1.04 bits per heavy atom. The van der Waals surface area contributed by atoms with Crippen LogP contribution in [0.15, 0.2) is 66.3 Å². The lowest BCUT2D eigenvalue weighted by molar-refractivity contribution is 0.244. The summed E-state index contributed by atoms with van der Waals surface area (Å²) in [7, 11) is 1.69. The highest BCUT2D eigenvalue weighted by Gasteiger charge is 2.14. The second-order valence-electron chi connectivity index (χ2n) is 6.94. The van der Waals surface area contributed by atoms with Crippen molar-refractivity contribution in [1.82, 2.24) is 14.9 Å². The summed E-state index contributed by atoms with van der Waals surface area (Å²) in [5, 5.41) is 3.26. The fraction of sp³-hybridized carbons (Fsp3) is 0.217. The summed E-state index contributed by atoms with van der Waals surface area (Å²) in [5.41, 5.74) is 4.46. The maximum atomic E-state index is 5.63. The van der Waals surface area contributed by atoms with E-state index in [1.165, 1.54) is 16.0 Å². The molecule has 0 unspecified atom stereocenters. The molecule has 0 radical (unpaired) electrons. The molecule has 4 rings (SSSR count). The van der Waals surface area contributed by atoms with Crippen LogP contribution in [0.3, 0.4) is 0 Å². The van der Waals surface area contributed by atoms with E-state index in [2.05, 4.69) is 64.7 Å². The monoisotopic (exact) mass is 389 g/mol. The van der Waals surface area contributed by atoms with Crippen molar-refractivity contribution < 1.29 is 4.74 Å². The number of aromatic nitrogens is 2. The van der Waals surface area contributed by atoms with Gasteiger partial charge in [-0.15, -0.1) is 11.3 Å². The third-order valence-corrected chi connectivity index (χ3v) is 5.55. The van der Waals surface area contributed by atoms with Crippen LogP contribution in [-0.4, -0.2) is 22.0 Å². The number of rotatable bonds is 7. The van der Waals surface area contributed by atoms with Crippen molar-refractivity contribution in [3.05, 3.63) is 87.9 Å².